The molecule has 4 amide bonds. The van der Waals surface area contributed by atoms with E-state index in [-0.39, 0.29) is 0 Å². The van der Waals surface area contributed by atoms with Gasteiger partial charge in [0.15, 0.2) is 11.5 Å². The average molecular weight is 474 g/mol. The van der Waals surface area contributed by atoms with Crippen molar-refractivity contribution in [3.05, 3.63) is 52.0 Å². The summed E-state index contributed by atoms with van der Waals surface area (Å²) >= 11 is 3.41. The van der Waals surface area contributed by atoms with Crippen LogP contribution >= 0.6 is 15.9 Å². The maximum Gasteiger partial charge on any atom is 0.325 e. The Kier molecular flexibility index (Phi) is 5.15. The maximum absolute atomic E-state index is 13.1. The molecule has 1 saturated heterocycles. The molecule has 0 spiro atoms. The average Bonchev–Trinajstić information content (AvgIpc) is 2.94. The van der Waals surface area contributed by atoms with Crippen molar-refractivity contribution in [2.45, 2.75) is 19.4 Å². The predicted molar refractivity (Wildman–Crippen MR) is 113 cm³/mol. The molecule has 2 N–H and O–H groups in total. The van der Waals surface area contributed by atoms with E-state index in [2.05, 4.69) is 26.6 Å². The third-order valence-corrected chi connectivity index (χ3v) is 6.01. The smallest absolute Gasteiger partial charge is 0.325 e. The summed E-state index contributed by atoms with van der Waals surface area (Å²) in [5.41, 5.74) is 0.840. The van der Waals surface area contributed by atoms with Crippen LogP contribution in [0.1, 0.15) is 18.1 Å². The Morgan fingerprint density at radius 2 is 1.90 bits per heavy atom. The molecule has 8 nitrogen and oxygen atoms in total. The molecule has 0 bridgehead atoms. The van der Waals surface area contributed by atoms with E-state index in [9.17, 15) is 14.4 Å². The Labute approximate surface area is 181 Å². The highest BCUT2D eigenvalue weighted by Crippen LogP contribution is 2.36. The molecule has 2 aromatic carbocycles. The van der Waals surface area contributed by atoms with Crippen LogP contribution < -0.4 is 20.1 Å². The molecule has 9 heteroatoms. The fourth-order valence-electron chi connectivity index (χ4n) is 3.41. The van der Waals surface area contributed by atoms with Gasteiger partial charge in [0.25, 0.3) is 5.91 Å². The van der Waals surface area contributed by atoms with Crippen LogP contribution in [-0.2, 0) is 15.1 Å². The number of carbonyl (C=O) groups excluding carboxylic acids is 3. The van der Waals surface area contributed by atoms with Crippen LogP contribution in [0.5, 0.6) is 11.5 Å². The van der Waals surface area contributed by atoms with Gasteiger partial charge in [-0.2, -0.15) is 0 Å². The SMILES string of the molecule is Cc1ccc(NC(=O)CN2C(=O)NC(C)(c3ccc4c(c3)OCCO4)C2=O)cc1Br. The minimum absolute atomic E-state index is 0.393. The molecule has 0 aromatic heterocycles. The second kappa shape index (κ2) is 7.64. The zero-order valence-corrected chi connectivity index (χ0v) is 18.0. The highest BCUT2D eigenvalue weighted by molar-refractivity contribution is 9.10. The van der Waals surface area contributed by atoms with Crippen molar-refractivity contribution in [1.82, 2.24) is 10.2 Å². The van der Waals surface area contributed by atoms with Gasteiger partial charge in [0.05, 0.1) is 0 Å². The first-order chi connectivity index (χ1) is 14.3. The molecule has 156 valence electrons. The van der Waals surface area contributed by atoms with E-state index in [4.69, 9.17) is 9.47 Å². The van der Waals surface area contributed by atoms with Gasteiger partial charge >= 0.3 is 6.03 Å². The Bertz CT molecular complexity index is 1060. The lowest BCUT2D eigenvalue weighted by Gasteiger charge is -2.25. The zero-order chi connectivity index (χ0) is 21.5. The molecule has 30 heavy (non-hydrogen) atoms. The van der Waals surface area contributed by atoms with E-state index in [0.29, 0.717) is 36.0 Å². The first-order valence-corrected chi connectivity index (χ1v) is 10.2. The third-order valence-electron chi connectivity index (χ3n) is 5.15. The number of amides is 4. The van der Waals surface area contributed by atoms with E-state index in [0.717, 1.165) is 14.9 Å². The molecule has 0 saturated carbocycles. The van der Waals surface area contributed by atoms with Crippen molar-refractivity contribution in [2.75, 3.05) is 25.1 Å². The van der Waals surface area contributed by atoms with Gasteiger partial charge in [-0.3, -0.25) is 14.5 Å². The van der Waals surface area contributed by atoms with Crippen molar-refractivity contribution in [3.8, 4) is 11.5 Å². The number of hydrogen-bond acceptors (Lipinski definition) is 5. The number of ether oxygens (including phenoxy) is 2. The van der Waals surface area contributed by atoms with E-state index in [1.54, 1.807) is 37.3 Å². The Hall–Kier alpha value is -3.07. The molecular formula is C21H20BrN3O5. The van der Waals surface area contributed by atoms with Crippen LogP contribution in [0.2, 0.25) is 0 Å². The van der Waals surface area contributed by atoms with Crippen LogP contribution in [-0.4, -0.2) is 42.5 Å². The number of imide groups is 1. The zero-order valence-electron chi connectivity index (χ0n) is 16.5. The lowest BCUT2D eigenvalue weighted by molar-refractivity contribution is -0.133. The van der Waals surface area contributed by atoms with Gasteiger partial charge in [-0.25, -0.2) is 4.79 Å². The topological polar surface area (TPSA) is 97.0 Å². The molecule has 1 unspecified atom stereocenters. The molecular weight excluding hydrogens is 454 g/mol. The normalized spacial score (nSPS) is 20.2. The highest BCUT2D eigenvalue weighted by Gasteiger charge is 2.49. The minimum atomic E-state index is -1.31. The number of aryl methyl sites for hydroxylation is 1. The molecule has 2 aliphatic rings. The van der Waals surface area contributed by atoms with Crippen molar-refractivity contribution >= 4 is 39.5 Å². The third kappa shape index (κ3) is 3.60. The summed E-state index contributed by atoms with van der Waals surface area (Å²) in [5, 5.41) is 5.40. The number of fused-ring (bicyclic) bond motifs is 1. The van der Waals surface area contributed by atoms with Crippen LogP contribution in [0.4, 0.5) is 10.5 Å². The molecule has 0 radical (unpaired) electrons. The number of nitrogens with one attached hydrogen (secondary N) is 2. The number of benzene rings is 2. The lowest BCUT2D eigenvalue weighted by Crippen LogP contribution is -2.42. The fraction of sp³-hybridized carbons (Fsp3) is 0.286. The van der Waals surface area contributed by atoms with Crippen LogP contribution in [0, 0.1) is 6.92 Å². The lowest BCUT2D eigenvalue weighted by atomic mass is 9.91. The fourth-order valence-corrected chi connectivity index (χ4v) is 3.78. The molecule has 2 aliphatic heterocycles. The summed E-state index contributed by atoms with van der Waals surface area (Å²) in [4.78, 5) is 38.9. The van der Waals surface area contributed by atoms with Gasteiger partial charge in [-0.15, -0.1) is 0 Å². The molecule has 2 heterocycles. The number of urea groups is 1. The largest absolute Gasteiger partial charge is 0.486 e. The number of carbonyl (C=O) groups is 3. The van der Waals surface area contributed by atoms with Gasteiger partial charge < -0.3 is 20.1 Å². The number of anilines is 1. The van der Waals surface area contributed by atoms with Crippen LogP contribution in [0.3, 0.4) is 0 Å². The summed E-state index contributed by atoms with van der Waals surface area (Å²) < 4.78 is 11.9. The van der Waals surface area contributed by atoms with Gasteiger partial charge in [-0.1, -0.05) is 28.1 Å². The summed E-state index contributed by atoms with van der Waals surface area (Å²) in [6.45, 7) is 4.01. The number of rotatable bonds is 4. The van der Waals surface area contributed by atoms with Gasteiger partial charge in [0.1, 0.15) is 25.3 Å². The second-order valence-electron chi connectivity index (χ2n) is 7.32. The number of halogens is 1. The first kappa shape index (κ1) is 20.2. The van der Waals surface area contributed by atoms with Crippen molar-refractivity contribution in [1.29, 1.82) is 0 Å². The molecule has 1 fully saturated rings. The first-order valence-electron chi connectivity index (χ1n) is 9.38. The predicted octanol–water partition coefficient (Wildman–Crippen LogP) is 2.93. The molecule has 4 rings (SSSR count). The van der Waals surface area contributed by atoms with Crippen molar-refractivity contribution in [2.24, 2.45) is 0 Å². The second-order valence-corrected chi connectivity index (χ2v) is 8.17. The van der Waals surface area contributed by atoms with Crippen molar-refractivity contribution < 1.29 is 23.9 Å². The summed E-state index contributed by atoms with van der Waals surface area (Å²) in [7, 11) is 0. The van der Waals surface area contributed by atoms with Crippen LogP contribution in [0.15, 0.2) is 40.9 Å². The highest BCUT2D eigenvalue weighted by atomic mass is 79.9. The molecule has 1 atom stereocenters. The van der Waals surface area contributed by atoms with E-state index in [1.807, 2.05) is 13.0 Å². The standard InChI is InChI=1S/C21H20BrN3O5/c1-12-3-5-14(10-15(12)22)23-18(26)11-25-19(27)21(2,24-20(25)28)13-4-6-16-17(9-13)30-8-7-29-16/h3-6,9-10H,7-8,11H2,1-2H3,(H,23,26)(H,24,28). The Morgan fingerprint density at radius 1 is 1.17 bits per heavy atom. The summed E-state index contributed by atoms with van der Waals surface area (Å²) in [5.74, 6) is 0.124. The molecule has 2 aromatic rings. The maximum atomic E-state index is 13.1. The number of nitrogens with zero attached hydrogens (tertiary/aromatic N) is 1. The minimum Gasteiger partial charge on any atom is -0.486 e. The van der Waals surface area contributed by atoms with E-state index in [1.165, 1.54) is 0 Å². The molecule has 0 aliphatic carbocycles. The van der Waals surface area contributed by atoms with Crippen LogP contribution in [0.25, 0.3) is 0 Å². The monoisotopic (exact) mass is 473 g/mol. The van der Waals surface area contributed by atoms with Gasteiger partial charge in [0, 0.05) is 10.2 Å². The quantitative estimate of drug-likeness (QED) is 0.665. The van der Waals surface area contributed by atoms with E-state index < -0.39 is 29.9 Å². The van der Waals surface area contributed by atoms with Gasteiger partial charge in [-0.05, 0) is 49.2 Å². The Morgan fingerprint density at radius 3 is 2.63 bits per heavy atom. The van der Waals surface area contributed by atoms with Gasteiger partial charge in [0.2, 0.25) is 5.91 Å². The summed E-state index contributed by atoms with van der Waals surface area (Å²) in [6, 6.07) is 9.84. The Balaban J connectivity index is 1.50. The number of hydrogen-bond donors (Lipinski definition) is 2. The summed E-state index contributed by atoms with van der Waals surface area (Å²) in [6.07, 6.45) is 0. The van der Waals surface area contributed by atoms with Crippen molar-refractivity contribution in [3.63, 3.8) is 0 Å². The van der Waals surface area contributed by atoms with E-state index >= 15 is 0 Å².